The van der Waals surface area contributed by atoms with E-state index in [1.54, 1.807) is 18.5 Å². The van der Waals surface area contributed by atoms with Crippen molar-refractivity contribution in [1.82, 2.24) is 4.98 Å². The maximum absolute atomic E-state index is 11.8. The standard InChI is InChI=1S/C15H17N3O4S/c1-17(10-7-12-5-8-16-9-6-12)13-3-4-14(18(19)20)15(11-13)23(2,21)22/h3-6,8-9,11H,7,10H2,1-2H3. The van der Waals surface area contributed by atoms with Gasteiger partial charge in [-0.05, 0) is 36.2 Å². The predicted molar refractivity (Wildman–Crippen MR) is 87.4 cm³/mol. The molecule has 1 aromatic carbocycles. The second kappa shape index (κ2) is 6.74. The van der Waals surface area contributed by atoms with Crippen LogP contribution >= 0.6 is 0 Å². The normalized spacial score (nSPS) is 11.2. The van der Waals surface area contributed by atoms with Gasteiger partial charge in [0.15, 0.2) is 9.84 Å². The number of hydrogen-bond donors (Lipinski definition) is 0. The van der Waals surface area contributed by atoms with Crippen molar-refractivity contribution in [2.45, 2.75) is 11.3 Å². The molecule has 8 heteroatoms. The van der Waals surface area contributed by atoms with Gasteiger partial charge in [-0.3, -0.25) is 15.1 Å². The number of rotatable bonds is 6. The fourth-order valence-corrected chi connectivity index (χ4v) is 3.02. The first-order chi connectivity index (χ1) is 10.8. The first-order valence-electron chi connectivity index (χ1n) is 6.87. The highest BCUT2D eigenvalue weighted by molar-refractivity contribution is 7.90. The Morgan fingerprint density at radius 2 is 1.87 bits per heavy atom. The lowest BCUT2D eigenvalue weighted by atomic mass is 10.2. The summed E-state index contributed by atoms with van der Waals surface area (Å²) >= 11 is 0. The third-order valence-electron chi connectivity index (χ3n) is 3.47. The summed E-state index contributed by atoms with van der Waals surface area (Å²) in [6.45, 7) is 0.644. The van der Waals surface area contributed by atoms with Crippen LogP contribution in [0.25, 0.3) is 0 Å². The smallest absolute Gasteiger partial charge is 0.288 e. The summed E-state index contributed by atoms with van der Waals surface area (Å²) in [5.41, 5.74) is 1.32. The number of nitro benzene ring substituents is 1. The zero-order chi connectivity index (χ0) is 17.0. The highest BCUT2D eigenvalue weighted by atomic mass is 32.2. The Morgan fingerprint density at radius 1 is 1.22 bits per heavy atom. The van der Waals surface area contributed by atoms with Gasteiger partial charge in [-0.25, -0.2) is 8.42 Å². The SMILES string of the molecule is CN(CCc1ccncc1)c1ccc([N+](=O)[O-])c(S(C)(=O)=O)c1. The van der Waals surface area contributed by atoms with Crippen LogP contribution in [-0.2, 0) is 16.3 Å². The molecule has 0 fully saturated rings. The van der Waals surface area contributed by atoms with E-state index in [0.717, 1.165) is 18.2 Å². The van der Waals surface area contributed by atoms with E-state index in [1.807, 2.05) is 24.1 Å². The van der Waals surface area contributed by atoms with Gasteiger partial charge in [0, 0.05) is 44.0 Å². The molecule has 0 N–H and O–H groups in total. The van der Waals surface area contributed by atoms with E-state index < -0.39 is 20.4 Å². The highest BCUT2D eigenvalue weighted by Crippen LogP contribution is 2.28. The number of hydrogen-bond acceptors (Lipinski definition) is 6. The molecule has 0 amide bonds. The number of sulfone groups is 1. The molecule has 0 unspecified atom stereocenters. The third kappa shape index (κ3) is 4.26. The lowest BCUT2D eigenvalue weighted by molar-refractivity contribution is -0.387. The van der Waals surface area contributed by atoms with Crippen molar-refractivity contribution in [2.75, 3.05) is 24.7 Å². The minimum atomic E-state index is -3.68. The summed E-state index contributed by atoms with van der Waals surface area (Å²) < 4.78 is 23.6. The number of pyridine rings is 1. The number of anilines is 1. The van der Waals surface area contributed by atoms with Crippen molar-refractivity contribution >= 4 is 21.2 Å². The lowest BCUT2D eigenvalue weighted by Crippen LogP contribution is -2.20. The monoisotopic (exact) mass is 335 g/mol. The largest absolute Gasteiger partial charge is 0.374 e. The summed E-state index contributed by atoms with van der Waals surface area (Å²) in [6, 6.07) is 7.95. The maximum Gasteiger partial charge on any atom is 0.288 e. The molecule has 0 aliphatic rings. The minimum Gasteiger partial charge on any atom is -0.374 e. The van der Waals surface area contributed by atoms with Gasteiger partial charge in [-0.1, -0.05) is 0 Å². The summed E-state index contributed by atoms with van der Waals surface area (Å²) in [7, 11) is -1.86. The van der Waals surface area contributed by atoms with Crippen molar-refractivity contribution in [3.8, 4) is 0 Å². The van der Waals surface area contributed by atoms with E-state index in [1.165, 1.54) is 12.1 Å². The topological polar surface area (TPSA) is 93.4 Å². The van der Waals surface area contributed by atoms with Crippen molar-refractivity contribution in [3.63, 3.8) is 0 Å². The van der Waals surface area contributed by atoms with Gasteiger partial charge in [0.05, 0.1) is 4.92 Å². The van der Waals surface area contributed by atoms with E-state index in [0.29, 0.717) is 12.2 Å². The molecule has 1 heterocycles. The molecule has 0 atom stereocenters. The van der Waals surface area contributed by atoms with Crippen molar-refractivity contribution in [1.29, 1.82) is 0 Å². The Morgan fingerprint density at radius 3 is 2.43 bits per heavy atom. The zero-order valence-electron chi connectivity index (χ0n) is 12.8. The van der Waals surface area contributed by atoms with E-state index in [4.69, 9.17) is 0 Å². The van der Waals surface area contributed by atoms with Crippen molar-refractivity contribution < 1.29 is 13.3 Å². The molecule has 1 aromatic heterocycles. The fourth-order valence-electron chi connectivity index (χ4n) is 2.16. The van der Waals surface area contributed by atoms with Gasteiger partial charge >= 0.3 is 0 Å². The molecule has 0 spiro atoms. The predicted octanol–water partition coefficient (Wildman–Crippen LogP) is 2.07. The van der Waals surface area contributed by atoms with Crippen LogP contribution in [-0.4, -0.2) is 38.2 Å². The van der Waals surface area contributed by atoms with Crippen LogP contribution in [0.4, 0.5) is 11.4 Å². The van der Waals surface area contributed by atoms with Gasteiger partial charge < -0.3 is 4.90 Å². The van der Waals surface area contributed by atoms with Crippen LogP contribution in [0.3, 0.4) is 0 Å². The Hall–Kier alpha value is -2.48. The molecular weight excluding hydrogens is 318 g/mol. The number of nitro groups is 1. The Labute approximate surface area is 134 Å². The molecule has 0 radical (unpaired) electrons. The number of aromatic nitrogens is 1. The Bertz CT molecular complexity index is 807. The van der Waals surface area contributed by atoms with E-state index in [9.17, 15) is 18.5 Å². The number of nitrogens with zero attached hydrogens (tertiary/aromatic N) is 3. The molecule has 0 aliphatic carbocycles. The molecule has 0 bridgehead atoms. The quantitative estimate of drug-likeness (QED) is 0.592. The maximum atomic E-state index is 11.8. The molecule has 2 aromatic rings. The average Bonchev–Trinajstić information content (AvgIpc) is 2.52. The van der Waals surface area contributed by atoms with Gasteiger partial charge in [-0.2, -0.15) is 0 Å². The van der Waals surface area contributed by atoms with E-state index in [2.05, 4.69) is 4.98 Å². The van der Waals surface area contributed by atoms with Crippen LogP contribution in [0.15, 0.2) is 47.6 Å². The van der Waals surface area contributed by atoms with Crippen molar-refractivity contribution in [2.24, 2.45) is 0 Å². The van der Waals surface area contributed by atoms with Crippen LogP contribution in [0.1, 0.15) is 5.56 Å². The molecule has 0 saturated heterocycles. The van der Waals surface area contributed by atoms with E-state index >= 15 is 0 Å². The Kier molecular flexibility index (Phi) is 4.95. The minimum absolute atomic E-state index is 0.268. The lowest BCUT2D eigenvalue weighted by Gasteiger charge is -2.20. The number of benzene rings is 1. The van der Waals surface area contributed by atoms with Crippen LogP contribution < -0.4 is 4.90 Å². The second-order valence-corrected chi connectivity index (χ2v) is 7.19. The van der Waals surface area contributed by atoms with Gasteiger partial charge in [0.2, 0.25) is 0 Å². The van der Waals surface area contributed by atoms with Gasteiger partial charge in [-0.15, -0.1) is 0 Å². The zero-order valence-corrected chi connectivity index (χ0v) is 13.7. The fraction of sp³-hybridized carbons (Fsp3) is 0.267. The molecule has 23 heavy (non-hydrogen) atoms. The molecule has 7 nitrogen and oxygen atoms in total. The van der Waals surface area contributed by atoms with Crippen LogP contribution in [0.5, 0.6) is 0 Å². The summed E-state index contributed by atoms with van der Waals surface area (Å²) in [6.07, 6.45) is 5.15. The third-order valence-corrected chi connectivity index (χ3v) is 4.59. The summed E-state index contributed by atoms with van der Waals surface area (Å²) in [5.74, 6) is 0. The van der Waals surface area contributed by atoms with Gasteiger partial charge in [0.1, 0.15) is 4.90 Å². The molecule has 122 valence electrons. The van der Waals surface area contributed by atoms with Crippen molar-refractivity contribution in [3.05, 3.63) is 58.4 Å². The molecule has 0 saturated carbocycles. The van der Waals surface area contributed by atoms with Crippen LogP contribution in [0, 0.1) is 10.1 Å². The number of likely N-dealkylation sites (N-methyl/N-ethyl adjacent to an activating group) is 1. The molecule has 0 aliphatic heterocycles. The van der Waals surface area contributed by atoms with E-state index in [-0.39, 0.29) is 4.90 Å². The Balaban J connectivity index is 2.24. The van der Waals surface area contributed by atoms with Gasteiger partial charge in [0.25, 0.3) is 5.69 Å². The second-order valence-electron chi connectivity index (χ2n) is 5.21. The summed E-state index contributed by atoms with van der Waals surface area (Å²) in [4.78, 5) is 15.8. The highest BCUT2D eigenvalue weighted by Gasteiger charge is 2.23. The molecule has 2 rings (SSSR count). The molecular formula is C15H17N3O4S. The summed E-state index contributed by atoms with van der Waals surface area (Å²) in [5, 5.41) is 11.0. The first kappa shape index (κ1) is 16.9. The van der Waals surface area contributed by atoms with Crippen LogP contribution in [0.2, 0.25) is 0 Å². The average molecular weight is 335 g/mol. The first-order valence-corrected chi connectivity index (χ1v) is 8.76.